The number of carbonyl (C=O) groups is 2. The van der Waals surface area contributed by atoms with Gasteiger partial charge in [0.2, 0.25) is 0 Å². The lowest BCUT2D eigenvalue weighted by Crippen LogP contribution is -2.48. The monoisotopic (exact) mass is 290 g/mol. The smallest absolute Gasteiger partial charge is 0.326 e. The molecule has 1 aromatic rings. The van der Waals surface area contributed by atoms with Gasteiger partial charge in [-0.25, -0.2) is 9.59 Å². The first-order chi connectivity index (χ1) is 10.0. The topological polar surface area (TPSA) is 60.9 Å². The number of rotatable bonds is 4. The summed E-state index contributed by atoms with van der Waals surface area (Å²) in [6, 6.07) is 9.06. The largest absolute Gasteiger partial charge is 0.480 e. The molecule has 0 saturated carbocycles. The van der Waals surface area contributed by atoms with Crippen LogP contribution in [0.2, 0.25) is 0 Å². The maximum Gasteiger partial charge on any atom is 0.326 e. The van der Waals surface area contributed by atoms with Crippen LogP contribution in [-0.4, -0.2) is 53.1 Å². The Bertz CT molecular complexity index is 504. The molecule has 1 fully saturated rings. The van der Waals surface area contributed by atoms with Crippen LogP contribution in [0.15, 0.2) is 30.3 Å². The maximum atomic E-state index is 12.4. The third-order valence-electron chi connectivity index (χ3n) is 4.10. The second kappa shape index (κ2) is 6.61. The molecule has 1 aliphatic heterocycles. The van der Waals surface area contributed by atoms with E-state index in [-0.39, 0.29) is 11.9 Å². The predicted octanol–water partition coefficient (Wildman–Crippen LogP) is 2.08. The Morgan fingerprint density at radius 2 is 2.00 bits per heavy atom. The fourth-order valence-electron chi connectivity index (χ4n) is 2.79. The van der Waals surface area contributed by atoms with E-state index >= 15 is 0 Å². The average Bonchev–Trinajstić information content (AvgIpc) is 2.87. The molecule has 21 heavy (non-hydrogen) atoms. The molecule has 5 heteroatoms. The van der Waals surface area contributed by atoms with Gasteiger partial charge >= 0.3 is 12.0 Å². The number of urea groups is 1. The number of carbonyl (C=O) groups excluding carboxylic acids is 1. The number of likely N-dealkylation sites (tertiary alicyclic amines) is 1. The van der Waals surface area contributed by atoms with Gasteiger partial charge in [0, 0.05) is 20.1 Å². The van der Waals surface area contributed by atoms with Crippen LogP contribution in [0.25, 0.3) is 0 Å². The maximum absolute atomic E-state index is 12.4. The number of amides is 2. The van der Waals surface area contributed by atoms with Crippen molar-refractivity contribution in [2.75, 3.05) is 20.1 Å². The highest BCUT2D eigenvalue weighted by atomic mass is 16.4. The molecule has 1 heterocycles. The van der Waals surface area contributed by atoms with Crippen LogP contribution in [0.4, 0.5) is 4.79 Å². The number of benzene rings is 1. The highest BCUT2D eigenvalue weighted by Crippen LogP contribution is 2.25. The highest BCUT2D eigenvalue weighted by Gasteiger charge is 2.40. The Hall–Kier alpha value is -2.04. The lowest BCUT2D eigenvalue weighted by atomic mass is 10.0. The third kappa shape index (κ3) is 3.54. The second-order valence-electron chi connectivity index (χ2n) is 5.68. The molecule has 0 bridgehead atoms. The summed E-state index contributed by atoms with van der Waals surface area (Å²) in [7, 11) is 1.73. The molecule has 5 nitrogen and oxygen atoms in total. The van der Waals surface area contributed by atoms with E-state index in [9.17, 15) is 14.7 Å². The Kier molecular flexibility index (Phi) is 4.83. The molecule has 0 spiro atoms. The van der Waals surface area contributed by atoms with Crippen molar-refractivity contribution in [1.29, 1.82) is 0 Å². The molecule has 0 aliphatic carbocycles. The molecular formula is C16H22N2O3. The van der Waals surface area contributed by atoms with Crippen molar-refractivity contribution >= 4 is 12.0 Å². The summed E-state index contributed by atoms with van der Waals surface area (Å²) in [6.07, 6.45) is 1.51. The summed E-state index contributed by atoms with van der Waals surface area (Å²) in [6.45, 7) is 2.99. The lowest BCUT2D eigenvalue weighted by molar-refractivity contribution is -0.142. The number of nitrogens with zero attached hydrogens (tertiary/aromatic N) is 2. The fourth-order valence-corrected chi connectivity index (χ4v) is 2.79. The van der Waals surface area contributed by atoms with Gasteiger partial charge in [-0.3, -0.25) is 0 Å². The molecule has 1 saturated heterocycles. The second-order valence-corrected chi connectivity index (χ2v) is 5.68. The van der Waals surface area contributed by atoms with Gasteiger partial charge in [-0.15, -0.1) is 0 Å². The van der Waals surface area contributed by atoms with E-state index in [4.69, 9.17) is 0 Å². The lowest BCUT2D eigenvalue weighted by Gasteiger charge is -2.28. The summed E-state index contributed by atoms with van der Waals surface area (Å²) in [4.78, 5) is 26.8. The minimum Gasteiger partial charge on any atom is -0.480 e. The van der Waals surface area contributed by atoms with Gasteiger partial charge in [0.1, 0.15) is 6.04 Å². The molecule has 2 rings (SSSR count). The molecule has 1 N–H and O–H groups in total. The zero-order chi connectivity index (χ0) is 15.4. The van der Waals surface area contributed by atoms with Gasteiger partial charge in [-0.2, -0.15) is 0 Å². The van der Waals surface area contributed by atoms with E-state index in [0.29, 0.717) is 13.1 Å². The Morgan fingerprint density at radius 1 is 1.33 bits per heavy atom. The van der Waals surface area contributed by atoms with Gasteiger partial charge in [0.15, 0.2) is 0 Å². The van der Waals surface area contributed by atoms with Crippen molar-refractivity contribution in [3.8, 4) is 0 Å². The number of carboxylic acids is 1. The number of likely N-dealkylation sites (N-methyl/N-ethyl adjacent to an activating group) is 1. The molecule has 1 aromatic carbocycles. The van der Waals surface area contributed by atoms with Gasteiger partial charge in [-0.1, -0.05) is 37.3 Å². The molecule has 0 radical (unpaired) electrons. The summed E-state index contributed by atoms with van der Waals surface area (Å²) in [5, 5.41) is 9.28. The first-order valence-electron chi connectivity index (χ1n) is 7.29. The van der Waals surface area contributed by atoms with Gasteiger partial charge in [-0.05, 0) is 24.3 Å². The number of hydrogen-bond donors (Lipinski definition) is 1. The molecule has 1 aliphatic rings. The van der Waals surface area contributed by atoms with Crippen LogP contribution >= 0.6 is 0 Å². The quantitative estimate of drug-likeness (QED) is 0.923. The molecular weight excluding hydrogens is 268 g/mol. The average molecular weight is 290 g/mol. The van der Waals surface area contributed by atoms with Crippen molar-refractivity contribution in [2.24, 2.45) is 5.92 Å². The van der Waals surface area contributed by atoms with E-state index in [1.165, 1.54) is 10.5 Å². The molecule has 2 atom stereocenters. The highest BCUT2D eigenvalue weighted by molar-refractivity contribution is 5.83. The van der Waals surface area contributed by atoms with Crippen molar-refractivity contribution in [1.82, 2.24) is 9.80 Å². The predicted molar refractivity (Wildman–Crippen MR) is 80.1 cm³/mol. The van der Waals surface area contributed by atoms with E-state index < -0.39 is 12.0 Å². The first kappa shape index (κ1) is 15.4. The normalized spacial score (nSPS) is 21.3. The molecule has 2 unspecified atom stereocenters. The minimum absolute atomic E-state index is 0.00831. The minimum atomic E-state index is -0.912. The van der Waals surface area contributed by atoms with Gasteiger partial charge < -0.3 is 14.9 Å². The van der Waals surface area contributed by atoms with Crippen molar-refractivity contribution in [2.45, 2.75) is 25.8 Å². The van der Waals surface area contributed by atoms with Crippen LogP contribution in [-0.2, 0) is 11.2 Å². The Balaban J connectivity index is 1.94. The van der Waals surface area contributed by atoms with Crippen LogP contribution in [0.3, 0.4) is 0 Å². The molecule has 114 valence electrons. The number of carboxylic acid groups (broad SMARTS) is 1. The number of aliphatic carboxylic acids is 1. The zero-order valence-electron chi connectivity index (χ0n) is 12.5. The van der Waals surface area contributed by atoms with Crippen LogP contribution < -0.4 is 0 Å². The van der Waals surface area contributed by atoms with Crippen molar-refractivity contribution < 1.29 is 14.7 Å². The summed E-state index contributed by atoms with van der Waals surface area (Å²) >= 11 is 0. The van der Waals surface area contributed by atoms with E-state index in [0.717, 1.165) is 12.8 Å². The summed E-state index contributed by atoms with van der Waals surface area (Å²) < 4.78 is 0. The number of hydrogen-bond acceptors (Lipinski definition) is 2. The SMILES string of the molecule is CC1CCN(C(=O)N(C)CCc2ccccc2)C1C(=O)O. The van der Waals surface area contributed by atoms with Crippen LogP contribution in [0.5, 0.6) is 0 Å². The van der Waals surface area contributed by atoms with E-state index in [1.54, 1.807) is 11.9 Å². The summed E-state index contributed by atoms with van der Waals surface area (Å²) in [5.74, 6) is -0.904. The zero-order valence-corrected chi connectivity index (χ0v) is 12.5. The third-order valence-corrected chi connectivity index (χ3v) is 4.10. The molecule has 2 amide bonds. The van der Waals surface area contributed by atoms with Crippen LogP contribution in [0, 0.1) is 5.92 Å². The van der Waals surface area contributed by atoms with E-state index in [1.807, 2.05) is 37.3 Å². The Morgan fingerprint density at radius 3 is 2.62 bits per heavy atom. The van der Waals surface area contributed by atoms with Gasteiger partial charge in [0.05, 0.1) is 0 Å². The molecule has 0 aromatic heterocycles. The fraction of sp³-hybridized carbons (Fsp3) is 0.500. The van der Waals surface area contributed by atoms with Crippen molar-refractivity contribution in [3.63, 3.8) is 0 Å². The summed E-state index contributed by atoms with van der Waals surface area (Å²) in [5.41, 5.74) is 1.17. The van der Waals surface area contributed by atoms with Gasteiger partial charge in [0.25, 0.3) is 0 Å². The van der Waals surface area contributed by atoms with Crippen LogP contribution in [0.1, 0.15) is 18.9 Å². The standard InChI is InChI=1S/C16H22N2O3/c1-12-8-11-18(14(12)15(19)20)16(21)17(2)10-9-13-6-4-3-5-7-13/h3-7,12,14H,8-11H2,1-2H3,(H,19,20). The first-order valence-corrected chi connectivity index (χ1v) is 7.29. The van der Waals surface area contributed by atoms with E-state index in [2.05, 4.69) is 0 Å². The van der Waals surface area contributed by atoms with Crippen molar-refractivity contribution in [3.05, 3.63) is 35.9 Å². The Labute approximate surface area is 125 Å².